The number of aromatic hydroxyl groups is 2. The molecule has 1 rings (SSSR count). The van der Waals surface area contributed by atoms with Gasteiger partial charge in [-0.3, -0.25) is 4.79 Å². The maximum atomic E-state index is 12.0. The Bertz CT molecular complexity index is 542. The molecule has 0 aliphatic rings. The molecule has 0 aliphatic heterocycles. The summed E-state index contributed by atoms with van der Waals surface area (Å²) in [7, 11) is 1.17. The minimum Gasteiger partial charge on any atom is -0.504 e. The van der Waals surface area contributed by atoms with Crippen molar-refractivity contribution in [2.24, 2.45) is 0 Å². The van der Waals surface area contributed by atoms with Crippen LogP contribution in [0.3, 0.4) is 0 Å². The molecule has 3 N–H and O–H groups in total. The number of amides is 1. The number of ether oxygens (including phenoxy) is 1. The van der Waals surface area contributed by atoms with Crippen LogP contribution in [0.5, 0.6) is 11.5 Å². The molecule has 0 bridgehead atoms. The zero-order valence-corrected chi connectivity index (χ0v) is 13.7. The van der Waals surface area contributed by atoms with E-state index in [9.17, 15) is 19.8 Å². The van der Waals surface area contributed by atoms with Crippen LogP contribution in [-0.2, 0) is 4.74 Å². The lowest BCUT2D eigenvalue weighted by Crippen LogP contribution is -2.24. The van der Waals surface area contributed by atoms with E-state index in [0.29, 0.717) is 6.54 Å². The molecule has 0 heterocycles. The molecular formula is C17H25NO5. The summed E-state index contributed by atoms with van der Waals surface area (Å²) >= 11 is 0. The van der Waals surface area contributed by atoms with Gasteiger partial charge in [0, 0.05) is 6.54 Å². The average molecular weight is 323 g/mol. The van der Waals surface area contributed by atoms with Crippen molar-refractivity contribution < 1.29 is 24.5 Å². The van der Waals surface area contributed by atoms with Crippen molar-refractivity contribution in [1.82, 2.24) is 5.32 Å². The predicted octanol–water partition coefficient (Wildman–Crippen LogP) is 2.97. The Labute approximate surface area is 136 Å². The topological polar surface area (TPSA) is 95.9 Å². The number of esters is 1. The quantitative estimate of drug-likeness (QED) is 0.369. The summed E-state index contributed by atoms with van der Waals surface area (Å²) in [5.74, 6) is -2.53. The fourth-order valence-corrected chi connectivity index (χ4v) is 2.24. The first-order chi connectivity index (χ1) is 11.0. The van der Waals surface area contributed by atoms with Crippen molar-refractivity contribution in [3.8, 4) is 11.5 Å². The number of nitrogens with one attached hydrogen (secondary N) is 1. The van der Waals surface area contributed by atoms with Gasteiger partial charge in [0.05, 0.1) is 12.7 Å². The summed E-state index contributed by atoms with van der Waals surface area (Å²) in [5.41, 5.74) is -0.251. The first-order valence-corrected chi connectivity index (χ1v) is 7.94. The van der Waals surface area contributed by atoms with E-state index in [1.165, 1.54) is 38.5 Å². The molecule has 1 aromatic carbocycles. The SMILES string of the molecule is CCCCCCCCNC(=O)c1ccc(C(=O)OC)c(O)c1O. The Hall–Kier alpha value is -2.24. The summed E-state index contributed by atoms with van der Waals surface area (Å²) in [4.78, 5) is 23.4. The van der Waals surface area contributed by atoms with Crippen molar-refractivity contribution in [1.29, 1.82) is 0 Å². The van der Waals surface area contributed by atoms with Crippen LogP contribution in [0.2, 0.25) is 0 Å². The number of hydrogen-bond acceptors (Lipinski definition) is 5. The first kappa shape index (κ1) is 18.8. The Morgan fingerprint density at radius 1 is 1.00 bits per heavy atom. The van der Waals surface area contributed by atoms with Crippen LogP contribution in [0.4, 0.5) is 0 Å². The van der Waals surface area contributed by atoms with E-state index in [0.717, 1.165) is 19.3 Å². The Morgan fingerprint density at radius 3 is 2.22 bits per heavy atom. The van der Waals surface area contributed by atoms with Gasteiger partial charge in [-0.1, -0.05) is 39.0 Å². The average Bonchev–Trinajstić information content (AvgIpc) is 2.55. The smallest absolute Gasteiger partial charge is 0.341 e. The fraction of sp³-hybridized carbons (Fsp3) is 0.529. The van der Waals surface area contributed by atoms with Gasteiger partial charge in [0.2, 0.25) is 0 Å². The lowest BCUT2D eigenvalue weighted by molar-refractivity contribution is 0.0596. The van der Waals surface area contributed by atoms with Gasteiger partial charge in [0.1, 0.15) is 5.56 Å². The van der Waals surface area contributed by atoms with Gasteiger partial charge in [-0.05, 0) is 18.6 Å². The van der Waals surface area contributed by atoms with Crippen LogP contribution >= 0.6 is 0 Å². The van der Waals surface area contributed by atoms with Crippen molar-refractivity contribution in [3.05, 3.63) is 23.3 Å². The summed E-state index contributed by atoms with van der Waals surface area (Å²) in [5, 5.41) is 22.4. The number of unbranched alkanes of at least 4 members (excludes halogenated alkanes) is 5. The summed E-state index contributed by atoms with van der Waals surface area (Å²) in [6.07, 6.45) is 6.67. The van der Waals surface area contributed by atoms with Crippen LogP contribution in [-0.4, -0.2) is 35.7 Å². The molecule has 0 radical (unpaired) electrons. The minimum atomic E-state index is -0.781. The molecule has 1 amide bonds. The fourth-order valence-electron chi connectivity index (χ4n) is 2.24. The van der Waals surface area contributed by atoms with E-state index >= 15 is 0 Å². The first-order valence-electron chi connectivity index (χ1n) is 7.94. The van der Waals surface area contributed by atoms with Crippen LogP contribution in [0.25, 0.3) is 0 Å². The molecule has 23 heavy (non-hydrogen) atoms. The number of hydrogen-bond donors (Lipinski definition) is 3. The highest BCUT2D eigenvalue weighted by Gasteiger charge is 2.21. The summed E-state index contributed by atoms with van der Waals surface area (Å²) in [6.45, 7) is 2.66. The molecule has 0 unspecified atom stereocenters. The number of phenolic OH excluding ortho intramolecular Hbond substituents is 2. The number of carbonyl (C=O) groups excluding carboxylic acids is 2. The number of carbonyl (C=O) groups is 2. The summed E-state index contributed by atoms with van der Waals surface area (Å²) < 4.78 is 4.48. The number of benzene rings is 1. The number of phenols is 2. The van der Waals surface area contributed by atoms with Crippen molar-refractivity contribution >= 4 is 11.9 Å². The third-order valence-electron chi connectivity index (χ3n) is 3.62. The van der Waals surface area contributed by atoms with E-state index in [1.54, 1.807) is 0 Å². The predicted molar refractivity (Wildman–Crippen MR) is 86.8 cm³/mol. The highest BCUT2D eigenvalue weighted by atomic mass is 16.5. The molecule has 128 valence electrons. The Kier molecular flexibility index (Phi) is 7.94. The Balaban J connectivity index is 2.54. The highest BCUT2D eigenvalue weighted by molar-refractivity contribution is 6.01. The molecule has 0 saturated heterocycles. The monoisotopic (exact) mass is 323 g/mol. The second-order valence-corrected chi connectivity index (χ2v) is 5.37. The lowest BCUT2D eigenvalue weighted by Gasteiger charge is -2.10. The van der Waals surface area contributed by atoms with Crippen LogP contribution in [0.15, 0.2) is 12.1 Å². The third kappa shape index (κ3) is 5.47. The lowest BCUT2D eigenvalue weighted by atomic mass is 10.1. The molecule has 0 aromatic heterocycles. The van der Waals surface area contributed by atoms with Crippen LogP contribution < -0.4 is 5.32 Å². The van der Waals surface area contributed by atoms with Crippen LogP contribution in [0.1, 0.15) is 66.2 Å². The second-order valence-electron chi connectivity index (χ2n) is 5.37. The molecule has 0 fully saturated rings. The van der Waals surface area contributed by atoms with E-state index in [2.05, 4.69) is 17.0 Å². The normalized spacial score (nSPS) is 10.3. The van der Waals surface area contributed by atoms with Crippen molar-refractivity contribution in [3.63, 3.8) is 0 Å². The van der Waals surface area contributed by atoms with E-state index < -0.39 is 23.4 Å². The zero-order valence-electron chi connectivity index (χ0n) is 13.7. The minimum absolute atomic E-state index is 0.0684. The van der Waals surface area contributed by atoms with Gasteiger partial charge in [-0.25, -0.2) is 4.79 Å². The number of rotatable bonds is 9. The molecule has 0 atom stereocenters. The zero-order chi connectivity index (χ0) is 17.2. The van der Waals surface area contributed by atoms with Gasteiger partial charge < -0.3 is 20.3 Å². The van der Waals surface area contributed by atoms with Crippen molar-refractivity contribution in [2.45, 2.75) is 45.4 Å². The van der Waals surface area contributed by atoms with E-state index in [-0.39, 0.29) is 11.1 Å². The van der Waals surface area contributed by atoms with Gasteiger partial charge in [0.15, 0.2) is 11.5 Å². The maximum absolute atomic E-state index is 12.0. The molecule has 0 spiro atoms. The van der Waals surface area contributed by atoms with E-state index in [1.807, 2.05) is 0 Å². The van der Waals surface area contributed by atoms with E-state index in [4.69, 9.17) is 0 Å². The second kappa shape index (κ2) is 9.71. The van der Waals surface area contributed by atoms with Gasteiger partial charge in [-0.15, -0.1) is 0 Å². The molecule has 0 aliphatic carbocycles. The molecular weight excluding hydrogens is 298 g/mol. The third-order valence-corrected chi connectivity index (χ3v) is 3.62. The van der Waals surface area contributed by atoms with Gasteiger partial charge >= 0.3 is 5.97 Å². The number of methoxy groups -OCH3 is 1. The van der Waals surface area contributed by atoms with Crippen molar-refractivity contribution in [2.75, 3.05) is 13.7 Å². The van der Waals surface area contributed by atoms with Gasteiger partial charge in [-0.2, -0.15) is 0 Å². The molecule has 0 saturated carbocycles. The molecule has 1 aromatic rings. The summed E-state index contributed by atoms with van der Waals surface area (Å²) in [6, 6.07) is 2.54. The van der Waals surface area contributed by atoms with Gasteiger partial charge in [0.25, 0.3) is 5.91 Å². The molecule has 6 nitrogen and oxygen atoms in total. The highest BCUT2D eigenvalue weighted by Crippen LogP contribution is 2.33. The maximum Gasteiger partial charge on any atom is 0.341 e. The Morgan fingerprint density at radius 2 is 1.57 bits per heavy atom. The molecule has 6 heteroatoms. The largest absolute Gasteiger partial charge is 0.504 e. The standard InChI is InChI=1S/C17H25NO5/c1-3-4-5-6-7-8-11-18-16(21)12-9-10-13(17(22)23-2)15(20)14(12)19/h9-10,19-20H,3-8,11H2,1-2H3,(H,18,21). The van der Waals surface area contributed by atoms with Crippen LogP contribution in [0, 0.1) is 0 Å².